The normalized spacial score (nSPS) is 19.5. The van der Waals surface area contributed by atoms with Crippen LogP contribution in [0.5, 0.6) is 0 Å². The number of aliphatic hydroxyl groups is 5. The molecule has 6 N–H and O–H groups in total. The number of aliphatic hydroxyl groups excluding tert-OH is 5. The molecule has 9 nitrogen and oxygen atoms in total. The van der Waals surface area contributed by atoms with Crippen LogP contribution in [0, 0.1) is 0 Å². The van der Waals surface area contributed by atoms with Crippen molar-refractivity contribution in [1.82, 2.24) is 5.32 Å². The first kappa shape index (κ1) is 67.4. The number of carbonyl (C=O) groups is 1. The molecule has 0 radical (unpaired) electrons. The lowest BCUT2D eigenvalue weighted by molar-refractivity contribution is -0.302. The Balaban J connectivity index is 1.98. The summed E-state index contributed by atoms with van der Waals surface area (Å²) in [4.78, 5) is 13.0. The number of carbonyl (C=O) groups excluding carboxylic acids is 1. The van der Waals surface area contributed by atoms with Gasteiger partial charge in [0.1, 0.15) is 24.4 Å². The van der Waals surface area contributed by atoms with Crippen LogP contribution in [-0.4, -0.2) is 87.5 Å². The molecule has 7 atom stereocenters. The van der Waals surface area contributed by atoms with Crippen molar-refractivity contribution >= 4 is 5.91 Å². The Hall–Kier alpha value is -1.59. The average Bonchev–Trinajstić information content (AvgIpc) is 3.37. The maximum absolute atomic E-state index is 13.0. The van der Waals surface area contributed by atoms with Crippen LogP contribution in [-0.2, 0) is 14.3 Å². The molecule has 0 saturated carbocycles. The van der Waals surface area contributed by atoms with Gasteiger partial charge in [-0.3, -0.25) is 4.79 Å². The number of ether oxygens (including phenoxy) is 2. The van der Waals surface area contributed by atoms with Gasteiger partial charge in [0.05, 0.1) is 25.4 Å². The highest BCUT2D eigenvalue weighted by Crippen LogP contribution is 2.23. The van der Waals surface area contributed by atoms with Gasteiger partial charge in [-0.15, -0.1) is 0 Å². The second kappa shape index (κ2) is 51.9. The molecule has 71 heavy (non-hydrogen) atoms. The van der Waals surface area contributed by atoms with Crippen LogP contribution in [0.1, 0.15) is 296 Å². The minimum Gasteiger partial charge on any atom is -0.394 e. The summed E-state index contributed by atoms with van der Waals surface area (Å²) in [6.07, 6.45) is 61.4. The number of allylic oxidation sites excluding steroid dienone is 5. The molecule has 1 amide bonds. The summed E-state index contributed by atoms with van der Waals surface area (Å²) in [7, 11) is 0. The fraction of sp³-hybridized carbons (Fsp3) is 0.887. The summed E-state index contributed by atoms with van der Waals surface area (Å²) < 4.78 is 11.2. The lowest BCUT2D eigenvalue weighted by Crippen LogP contribution is -2.60. The first-order valence-electron chi connectivity index (χ1n) is 30.7. The summed E-state index contributed by atoms with van der Waals surface area (Å²) >= 11 is 0. The van der Waals surface area contributed by atoms with Crippen LogP contribution in [0.2, 0.25) is 0 Å². The predicted octanol–water partition coefficient (Wildman–Crippen LogP) is 15.5. The summed E-state index contributed by atoms with van der Waals surface area (Å²) in [5, 5.41) is 54.2. The van der Waals surface area contributed by atoms with Gasteiger partial charge in [-0.2, -0.15) is 0 Å². The van der Waals surface area contributed by atoms with E-state index >= 15 is 0 Å². The number of amides is 1. The number of hydrogen-bond donors (Lipinski definition) is 6. The minimum atomic E-state index is -1.57. The average molecular weight is 1000 g/mol. The molecule has 1 saturated heterocycles. The number of nitrogens with one attached hydrogen (secondary N) is 1. The van der Waals surface area contributed by atoms with E-state index in [-0.39, 0.29) is 12.5 Å². The summed E-state index contributed by atoms with van der Waals surface area (Å²) in [5.41, 5.74) is 0. The standard InChI is InChI=1S/C62H117NO8/c1-3-5-7-9-11-13-14-15-16-17-18-19-20-21-22-23-24-25-26-27-28-29-30-31-32-33-34-35-36-37-38-39-40-41-42-44-46-48-50-52-58(66)63-55(56(65)51-49-47-45-43-12-10-8-6-4-2)54-70-62-61(69)60(68)59(67)57(53-64)71-62/h12,17-18,43,49,51,55-57,59-62,64-65,67-69H,3-11,13-16,19-42,44-48,50,52-54H2,1-2H3,(H,63,66)/b18-17-,43-12+,51-49+. The molecule has 418 valence electrons. The van der Waals surface area contributed by atoms with Crippen molar-refractivity contribution in [3.05, 3.63) is 36.5 Å². The molecule has 7 unspecified atom stereocenters. The SMILES string of the molecule is CCCCC/C=C/CC/C=C/C(O)C(COC1OC(CO)C(O)C(O)C1O)NC(=O)CCCCCCCCCCCCCCCCCCCCCCCCCCCCC/C=C\CCCCCCCCCC. The van der Waals surface area contributed by atoms with E-state index in [2.05, 4.69) is 43.5 Å². The monoisotopic (exact) mass is 1000 g/mol. The summed E-state index contributed by atoms with van der Waals surface area (Å²) in [5.74, 6) is -0.185. The number of unbranched alkanes of at least 4 members (excludes halogenated alkanes) is 39. The second-order valence-corrected chi connectivity index (χ2v) is 21.5. The number of rotatable bonds is 53. The third-order valence-corrected chi connectivity index (χ3v) is 14.7. The van der Waals surface area contributed by atoms with Gasteiger partial charge in [0.2, 0.25) is 5.91 Å². The van der Waals surface area contributed by atoms with Crippen molar-refractivity contribution in [3.63, 3.8) is 0 Å². The second-order valence-electron chi connectivity index (χ2n) is 21.5. The van der Waals surface area contributed by atoms with Crippen LogP contribution < -0.4 is 5.32 Å². The quantitative estimate of drug-likeness (QED) is 0.0261. The Bertz CT molecular complexity index is 1210. The maximum atomic E-state index is 13.0. The third kappa shape index (κ3) is 41.4. The van der Waals surface area contributed by atoms with E-state index in [1.54, 1.807) is 6.08 Å². The molecule has 0 bridgehead atoms. The lowest BCUT2D eigenvalue weighted by atomic mass is 9.99. The van der Waals surface area contributed by atoms with E-state index in [9.17, 15) is 30.3 Å². The Kier molecular flexibility index (Phi) is 49.3. The first-order valence-corrected chi connectivity index (χ1v) is 30.7. The Labute approximate surface area is 438 Å². The molecule has 0 aromatic rings. The van der Waals surface area contributed by atoms with Crippen LogP contribution >= 0.6 is 0 Å². The van der Waals surface area contributed by atoms with Crippen LogP contribution in [0.15, 0.2) is 36.5 Å². The molecule has 9 heteroatoms. The molecule has 1 fully saturated rings. The van der Waals surface area contributed by atoms with E-state index in [0.29, 0.717) is 6.42 Å². The van der Waals surface area contributed by atoms with Gasteiger partial charge in [0, 0.05) is 6.42 Å². The van der Waals surface area contributed by atoms with E-state index in [0.717, 1.165) is 38.5 Å². The molecule has 1 rings (SSSR count). The van der Waals surface area contributed by atoms with Gasteiger partial charge in [0.25, 0.3) is 0 Å². The van der Waals surface area contributed by atoms with E-state index in [1.165, 1.54) is 238 Å². The van der Waals surface area contributed by atoms with Crippen molar-refractivity contribution < 1.29 is 39.8 Å². The predicted molar refractivity (Wildman–Crippen MR) is 300 cm³/mol. The van der Waals surface area contributed by atoms with Gasteiger partial charge in [-0.25, -0.2) is 0 Å². The van der Waals surface area contributed by atoms with E-state index in [1.807, 2.05) is 6.08 Å². The molecule has 0 aromatic heterocycles. The first-order chi connectivity index (χ1) is 34.8. The summed E-state index contributed by atoms with van der Waals surface area (Å²) in [6.45, 7) is 3.72. The fourth-order valence-corrected chi connectivity index (χ4v) is 9.82. The van der Waals surface area contributed by atoms with Gasteiger partial charge in [-0.1, -0.05) is 269 Å². The largest absolute Gasteiger partial charge is 0.394 e. The van der Waals surface area contributed by atoms with Gasteiger partial charge in [-0.05, 0) is 57.8 Å². The molecule has 0 aromatic carbocycles. The number of hydrogen-bond acceptors (Lipinski definition) is 8. The van der Waals surface area contributed by atoms with Crippen molar-refractivity contribution in [2.45, 2.75) is 339 Å². The zero-order chi connectivity index (χ0) is 51.5. The molecule has 0 aliphatic carbocycles. The van der Waals surface area contributed by atoms with Crippen molar-refractivity contribution in [1.29, 1.82) is 0 Å². The van der Waals surface area contributed by atoms with E-state index < -0.39 is 49.5 Å². The smallest absolute Gasteiger partial charge is 0.220 e. The molecule has 0 spiro atoms. The van der Waals surface area contributed by atoms with Gasteiger partial charge >= 0.3 is 0 Å². The topological polar surface area (TPSA) is 149 Å². The minimum absolute atomic E-state index is 0.185. The molecular formula is C62H117NO8. The van der Waals surface area contributed by atoms with Crippen molar-refractivity contribution in [3.8, 4) is 0 Å². The molecule has 1 aliphatic rings. The van der Waals surface area contributed by atoms with Crippen molar-refractivity contribution in [2.75, 3.05) is 13.2 Å². The van der Waals surface area contributed by atoms with Crippen LogP contribution in [0.4, 0.5) is 0 Å². The third-order valence-electron chi connectivity index (χ3n) is 14.7. The zero-order valence-electron chi connectivity index (χ0n) is 46.5. The van der Waals surface area contributed by atoms with Gasteiger partial charge in [0.15, 0.2) is 6.29 Å². The fourth-order valence-electron chi connectivity index (χ4n) is 9.82. The molecule has 1 heterocycles. The lowest BCUT2D eigenvalue weighted by Gasteiger charge is -2.40. The van der Waals surface area contributed by atoms with E-state index in [4.69, 9.17) is 9.47 Å². The van der Waals surface area contributed by atoms with Crippen molar-refractivity contribution in [2.24, 2.45) is 0 Å². The molecular weight excluding hydrogens is 887 g/mol. The van der Waals surface area contributed by atoms with Crippen LogP contribution in [0.3, 0.4) is 0 Å². The highest BCUT2D eigenvalue weighted by Gasteiger charge is 2.44. The summed E-state index contributed by atoms with van der Waals surface area (Å²) in [6, 6.07) is -0.817. The highest BCUT2D eigenvalue weighted by atomic mass is 16.7. The highest BCUT2D eigenvalue weighted by molar-refractivity contribution is 5.76. The van der Waals surface area contributed by atoms with Gasteiger partial charge < -0.3 is 40.3 Å². The Morgan fingerprint density at radius 1 is 0.465 bits per heavy atom. The molecule has 1 aliphatic heterocycles. The van der Waals surface area contributed by atoms with Crippen LogP contribution in [0.25, 0.3) is 0 Å². The Morgan fingerprint density at radius 2 is 0.803 bits per heavy atom. The maximum Gasteiger partial charge on any atom is 0.220 e. The Morgan fingerprint density at radius 3 is 1.21 bits per heavy atom. The zero-order valence-corrected chi connectivity index (χ0v) is 46.5.